The molecule has 3 nitrogen and oxygen atoms in total. The van der Waals surface area contributed by atoms with E-state index >= 15 is 0 Å². The minimum absolute atomic E-state index is 0. The maximum atomic E-state index is 9.87. The zero-order valence-corrected chi connectivity index (χ0v) is 13.8. The Kier molecular flexibility index (Phi) is 5.35. The van der Waals surface area contributed by atoms with Crippen molar-refractivity contribution in [1.82, 2.24) is 0 Å². The number of benzene rings is 2. The molecule has 0 fully saturated rings. The second-order valence-electron chi connectivity index (χ2n) is 5.25. The van der Waals surface area contributed by atoms with Crippen LogP contribution in [0.4, 0.5) is 0 Å². The third-order valence-electron chi connectivity index (χ3n) is 3.71. The molecule has 0 bridgehead atoms. The second kappa shape index (κ2) is 7.05. The molecular weight excluding hydrogens is 341 g/mol. The summed E-state index contributed by atoms with van der Waals surface area (Å²) in [6, 6.07) is 19.6. The molecule has 0 aliphatic heterocycles. The first-order chi connectivity index (χ1) is 10.2. The fourth-order valence-electron chi connectivity index (χ4n) is 2.73. The number of aryl methyl sites for hydroxylation is 1. The molecule has 1 heterocycles. The summed E-state index contributed by atoms with van der Waals surface area (Å²) < 4.78 is 1.91. The van der Waals surface area contributed by atoms with Gasteiger partial charge in [-0.1, -0.05) is 42.0 Å². The van der Waals surface area contributed by atoms with E-state index < -0.39 is 13.1 Å². The average molecular weight is 358 g/mol. The van der Waals surface area contributed by atoms with Crippen molar-refractivity contribution in [1.29, 1.82) is 0 Å². The fourth-order valence-corrected chi connectivity index (χ4v) is 2.73. The minimum atomic E-state index is -1.47. The van der Waals surface area contributed by atoms with Crippen molar-refractivity contribution in [2.75, 3.05) is 0 Å². The molecule has 2 aromatic carbocycles. The molecule has 1 atom stereocenters. The van der Waals surface area contributed by atoms with E-state index in [-0.39, 0.29) is 17.0 Å². The summed E-state index contributed by atoms with van der Waals surface area (Å²) in [6.07, 6.45) is 1.88. The Labute approximate surface area is 140 Å². The van der Waals surface area contributed by atoms with Gasteiger partial charge in [-0.05, 0) is 19.1 Å². The first kappa shape index (κ1) is 16.7. The van der Waals surface area contributed by atoms with Crippen LogP contribution in [0.25, 0.3) is 10.9 Å². The van der Waals surface area contributed by atoms with E-state index in [2.05, 4.69) is 6.07 Å². The summed E-state index contributed by atoms with van der Waals surface area (Å²) in [5.74, 6) is -0.530. The summed E-state index contributed by atoms with van der Waals surface area (Å²) >= 11 is 0. The molecule has 3 rings (SSSR count). The van der Waals surface area contributed by atoms with Gasteiger partial charge in [0.15, 0.2) is 6.20 Å². The Morgan fingerprint density at radius 2 is 1.68 bits per heavy atom. The summed E-state index contributed by atoms with van der Waals surface area (Å²) in [7, 11) is -1.47. The molecule has 2 N–H and O–H groups in total. The molecule has 1 unspecified atom stereocenters. The Hall–Kier alpha value is -1.69. The number of rotatable bonds is 3. The van der Waals surface area contributed by atoms with Gasteiger partial charge in [0, 0.05) is 23.1 Å². The predicted molar refractivity (Wildman–Crippen MR) is 83.7 cm³/mol. The van der Waals surface area contributed by atoms with E-state index in [1.807, 2.05) is 72.3 Å². The Morgan fingerprint density at radius 3 is 2.36 bits per heavy atom. The van der Waals surface area contributed by atoms with Gasteiger partial charge in [0.25, 0.3) is 0 Å². The summed E-state index contributed by atoms with van der Waals surface area (Å²) in [5.41, 5.74) is 3.02. The number of pyridine rings is 1. The molecular formula is C17H17BBrNO2. The van der Waals surface area contributed by atoms with Gasteiger partial charge >= 0.3 is 7.12 Å². The zero-order chi connectivity index (χ0) is 14.8. The van der Waals surface area contributed by atoms with Crippen molar-refractivity contribution in [3.8, 4) is 0 Å². The number of halogens is 1. The molecule has 112 valence electrons. The smallest absolute Gasteiger partial charge is 0.533 e. The molecule has 0 aliphatic rings. The van der Waals surface area contributed by atoms with Crippen molar-refractivity contribution >= 4 is 18.0 Å². The van der Waals surface area contributed by atoms with Crippen molar-refractivity contribution in [2.24, 2.45) is 0 Å². The van der Waals surface area contributed by atoms with Gasteiger partial charge in [0.1, 0.15) is 0 Å². The first-order valence-electron chi connectivity index (χ1n) is 6.98. The van der Waals surface area contributed by atoms with E-state index in [1.54, 1.807) is 0 Å². The van der Waals surface area contributed by atoms with E-state index in [9.17, 15) is 10.0 Å². The summed E-state index contributed by atoms with van der Waals surface area (Å²) in [5, 5.41) is 20.8. The molecule has 0 saturated carbocycles. The van der Waals surface area contributed by atoms with Crippen LogP contribution in [-0.2, 0) is 0 Å². The van der Waals surface area contributed by atoms with Gasteiger partial charge in [-0.2, -0.15) is 4.57 Å². The molecule has 5 heteroatoms. The van der Waals surface area contributed by atoms with Crippen molar-refractivity contribution in [2.45, 2.75) is 12.9 Å². The minimum Gasteiger partial charge on any atom is -1.00 e. The fraction of sp³-hybridized carbons (Fsp3) is 0.118. The SMILES string of the molecule is Cc1ccc2c(ccc[n+]2C(B(O)O)c2ccccc2)c1.[Br-]. The van der Waals surface area contributed by atoms with Crippen LogP contribution in [0.5, 0.6) is 0 Å². The highest BCUT2D eigenvalue weighted by molar-refractivity contribution is 6.42. The molecule has 0 amide bonds. The van der Waals surface area contributed by atoms with Crippen molar-refractivity contribution < 1.29 is 31.6 Å². The normalized spacial score (nSPS) is 11.8. The Bertz CT molecular complexity index is 765. The maximum absolute atomic E-state index is 9.87. The van der Waals surface area contributed by atoms with Gasteiger partial charge < -0.3 is 27.0 Å². The van der Waals surface area contributed by atoms with Crippen molar-refractivity contribution in [3.05, 3.63) is 78.0 Å². The highest BCUT2D eigenvalue weighted by Crippen LogP contribution is 2.18. The highest BCUT2D eigenvalue weighted by atomic mass is 79.9. The van der Waals surface area contributed by atoms with Crippen LogP contribution in [0.2, 0.25) is 0 Å². The largest absolute Gasteiger partial charge is 1.00 e. The lowest BCUT2D eigenvalue weighted by atomic mass is 9.74. The Morgan fingerprint density at radius 1 is 0.955 bits per heavy atom. The molecule has 3 aromatic rings. The van der Waals surface area contributed by atoms with Crippen LogP contribution in [0.1, 0.15) is 17.1 Å². The van der Waals surface area contributed by atoms with E-state index in [4.69, 9.17) is 0 Å². The lowest BCUT2D eigenvalue weighted by molar-refractivity contribution is -0.672. The van der Waals surface area contributed by atoms with Crippen LogP contribution in [0, 0.1) is 6.92 Å². The monoisotopic (exact) mass is 357 g/mol. The lowest BCUT2D eigenvalue weighted by Crippen LogP contribution is -3.00. The summed E-state index contributed by atoms with van der Waals surface area (Å²) in [4.78, 5) is 0. The lowest BCUT2D eigenvalue weighted by Gasteiger charge is -2.13. The van der Waals surface area contributed by atoms with Crippen LogP contribution in [0.3, 0.4) is 0 Å². The molecule has 22 heavy (non-hydrogen) atoms. The van der Waals surface area contributed by atoms with Gasteiger partial charge in [0.05, 0.1) is 0 Å². The quantitative estimate of drug-likeness (QED) is 0.468. The number of hydrogen-bond donors (Lipinski definition) is 2. The average Bonchev–Trinajstić information content (AvgIpc) is 2.48. The van der Waals surface area contributed by atoms with Gasteiger partial charge in [0.2, 0.25) is 11.5 Å². The number of fused-ring (bicyclic) bond motifs is 1. The van der Waals surface area contributed by atoms with Crippen LogP contribution in [-0.4, -0.2) is 17.2 Å². The highest BCUT2D eigenvalue weighted by Gasteiger charge is 2.35. The van der Waals surface area contributed by atoms with Gasteiger partial charge in [-0.25, -0.2) is 0 Å². The second-order valence-corrected chi connectivity index (χ2v) is 5.25. The van der Waals surface area contributed by atoms with E-state index in [0.717, 1.165) is 16.5 Å². The van der Waals surface area contributed by atoms with Crippen LogP contribution < -0.4 is 21.5 Å². The van der Waals surface area contributed by atoms with E-state index in [1.165, 1.54) is 5.56 Å². The number of aromatic nitrogens is 1. The van der Waals surface area contributed by atoms with E-state index in [0.29, 0.717) is 0 Å². The maximum Gasteiger partial charge on any atom is 0.533 e. The molecule has 1 aromatic heterocycles. The molecule has 0 spiro atoms. The number of hydrogen-bond acceptors (Lipinski definition) is 2. The molecule has 0 saturated heterocycles. The molecule has 0 aliphatic carbocycles. The van der Waals surface area contributed by atoms with Crippen LogP contribution in [0.15, 0.2) is 66.9 Å². The third-order valence-corrected chi connectivity index (χ3v) is 3.71. The zero-order valence-electron chi connectivity index (χ0n) is 12.2. The van der Waals surface area contributed by atoms with Crippen LogP contribution >= 0.6 is 0 Å². The third kappa shape index (κ3) is 3.22. The van der Waals surface area contributed by atoms with Crippen molar-refractivity contribution in [3.63, 3.8) is 0 Å². The van der Waals surface area contributed by atoms with Gasteiger partial charge in [-0.3, -0.25) is 0 Å². The topological polar surface area (TPSA) is 44.3 Å². The van der Waals surface area contributed by atoms with Gasteiger partial charge in [-0.15, -0.1) is 0 Å². The predicted octanol–water partition coefficient (Wildman–Crippen LogP) is -0.959. The standard InChI is InChI=1S/C17H17BNO2.BrH/c1-13-9-10-16-15(12-13)8-5-11-19(16)17(18(20)21)14-6-3-2-4-7-14;/h2-12,17,20-21H,1H3;1H/q+1;/p-1. The number of nitrogens with zero attached hydrogens (tertiary/aromatic N) is 1. The summed E-state index contributed by atoms with van der Waals surface area (Å²) in [6.45, 7) is 2.05. The first-order valence-corrected chi connectivity index (χ1v) is 6.98. The Balaban J connectivity index is 0.00000176. The molecule has 0 radical (unpaired) electrons.